The molecule has 0 N–H and O–H groups in total. The smallest absolute Gasteiger partial charge is 0.255 e. The average Bonchev–Trinajstić information content (AvgIpc) is 3.05. The number of hydrogen-bond acceptors (Lipinski definition) is 5. The summed E-state index contributed by atoms with van der Waals surface area (Å²) >= 11 is 0. The van der Waals surface area contributed by atoms with Crippen LogP contribution in [0.5, 0.6) is 0 Å². The van der Waals surface area contributed by atoms with Crippen LogP contribution in [0.3, 0.4) is 0 Å². The molecule has 0 aliphatic carbocycles. The summed E-state index contributed by atoms with van der Waals surface area (Å²) in [6.45, 7) is 8.53. The number of pyridine rings is 1. The van der Waals surface area contributed by atoms with E-state index < -0.39 is 0 Å². The molecular weight excluding hydrogens is 294 g/mol. The van der Waals surface area contributed by atoms with Gasteiger partial charge in [-0.15, -0.1) is 0 Å². The highest BCUT2D eigenvalue weighted by Crippen LogP contribution is 2.17. The molecule has 1 aliphatic rings. The van der Waals surface area contributed by atoms with Gasteiger partial charge >= 0.3 is 0 Å². The first kappa shape index (κ1) is 17.7. The number of carbonyl (C=O) groups excluding carboxylic acids is 1. The van der Waals surface area contributed by atoms with Crippen LogP contribution in [0.15, 0.2) is 18.3 Å². The van der Waals surface area contributed by atoms with Gasteiger partial charge in [0, 0.05) is 39.5 Å². The molecule has 1 aromatic rings. The number of hydrogen-bond donors (Lipinski definition) is 0. The molecular formula is C17H27N3O3. The van der Waals surface area contributed by atoms with Gasteiger partial charge in [0.2, 0.25) is 0 Å². The van der Waals surface area contributed by atoms with Gasteiger partial charge in [0.25, 0.3) is 5.91 Å². The number of nitrogens with zero attached hydrogens (tertiary/aromatic N) is 3. The molecule has 1 atom stereocenters. The highest BCUT2D eigenvalue weighted by Gasteiger charge is 2.27. The van der Waals surface area contributed by atoms with Gasteiger partial charge in [0.15, 0.2) is 0 Å². The summed E-state index contributed by atoms with van der Waals surface area (Å²) in [6, 6.07) is 3.78. The van der Waals surface area contributed by atoms with Crippen LogP contribution in [0.2, 0.25) is 0 Å². The summed E-state index contributed by atoms with van der Waals surface area (Å²) in [5, 5.41) is 0. The Morgan fingerprint density at radius 3 is 2.74 bits per heavy atom. The van der Waals surface area contributed by atoms with E-state index in [-0.39, 0.29) is 12.0 Å². The van der Waals surface area contributed by atoms with Crippen molar-refractivity contribution in [1.82, 2.24) is 9.88 Å². The van der Waals surface area contributed by atoms with Crippen molar-refractivity contribution in [2.75, 3.05) is 51.4 Å². The van der Waals surface area contributed by atoms with Crippen molar-refractivity contribution in [2.24, 2.45) is 0 Å². The van der Waals surface area contributed by atoms with Gasteiger partial charge in [-0.05, 0) is 32.4 Å². The van der Waals surface area contributed by atoms with E-state index in [4.69, 9.17) is 9.47 Å². The number of aromatic nitrogens is 1. The Morgan fingerprint density at radius 1 is 1.35 bits per heavy atom. The second-order valence-corrected chi connectivity index (χ2v) is 5.60. The van der Waals surface area contributed by atoms with Crippen molar-refractivity contribution >= 4 is 11.7 Å². The third kappa shape index (κ3) is 4.65. The minimum absolute atomic E-state index is 0.0291. The minimum atomic E-state index is 0.0291. The van der Waals surface area contributed by atoms with Gasteiger partial charge in [0.1, 0.15) is 5.82 Å². The number of methoxy groups -OCH3 is 1. The summed E-state index contributed by atoms with van der Waals surface area (Å²) in [5.74, 6) is 0.940. The summed E-state index contributed by atoms with van der Waals surface area (Å²) < 4.78 is 10.7. The van der Waals surface area contributed by atoms with Crippen LogP contribution in [-0.4, -0.2) is 68.4 Å². The maximum atomic E-state index is 12.5. The summed E-state index contributed by atoms with van der Waals surface area (Å²) in [7, 11) is 1.66. The molecule has 0 spiro atoms. The quantitative estimate of drug-likeness (QED) is 0.684. The monoisotopic (exact) mass is 321 g/mol. The largest absolute Gasteiger partial charge is 0.382 e. The third-order valence-corrected chi connectivity index (χ3v) is 4.16. The van der Waals surface area contributed by atoms with Crippen LogP contribution in [0.4, 0.5) is 5.82 Å². The van der Waals surface area contributed by atoms with Crippen LogP contribution in [0, 0.1) is 0 Å². The minimum Gasteiger partial charge on any atom is -0.382 e. The Hall–Kier alpha value is -1.66. The molecule has 0 aromatic carbocycles. The molecule has 2 rings (SSSR count). The predicted octanol–water partition coefficient (Wildman–Crippen LogP) is 1.81. The zero-order valence-electron chi connectivity index (χ0n) is 14.3. The SMILES string of the molecule is CCN(CC)c1ccc(C(=O)N2CC[C@H](OCCOC)C2)cn1. The highest BCUT2D eigenvalue weighted by atomic mass is 16.5. The lowest BCUT2D eigenvalue weighted by molar-refractivity contribution is 0.0218. The van der Waals surface area contributed by atoms with Crippen molar-refractivity contribution in [1.29, 1.82) is 0 Å². The molecule has 1 aromatic heterocycles. The van der Waals surface area contributed by atoms with Crippen LogP contribution < -0.4 is 4.90 Å². The Labute approximate surface area is 138 Å². The lowest BCUT2D eigenvalue weighted by Crippen LogP contribution is -2.30. The maximum Gasteiger partial charge on any atom is 0.255 e. The maximum absolute atomic E-state index is 12.5. The Balaban J connectivity index is 1.91. The molecule has 1 saturated heterocycles. The van der Waals surface area contributed by atoms with Crippen LogP contribution in [0.1, 0.15) is 30.6 Å². The Kier molecular flexibility index (Phi) is 6.80. The molecule has 0 radical (unpaired) electrons. The van der Waals surface area contributed by atoms with Crippen molar-refractivity contribution in [2.45, 2.75) is 26.4 Å². The fourth-order valence-corrected chi connectivity index (χ4v) is 2.78. The summed E-state index contributed by atoms with van der Waals surface area (Å²) in [4.78, 5) is 21.0. The first-order chi connectivity index (χ1) is 11.2. The van der Waals surface area contributed by atoms with E-state index in [0.29, 0.717) is 25.3 Å². The van der Waals surface area contributed by atoms with E-state index in [9.17, 15) is 4.79 Å². The highest BCUT2D eigenvalue weighted by molar-refractivity contribution is 5.94. The van der Waals surface area contributed by atoms with Crippen molar-refractivity contribution in [3.8, 4) is 0 Å². The number of carbonyl (C=O) groups is 1. The van der Waals surface area contributed by atoms with E-state index in [1.807, 2.05) is 17.0 Å². The van der Waals surface area contributed by atoms with Crippen LogP contribution in [0.25, 0.3) is 0 Å². The van der Waals surface area contributed by atoms with Crippen LogP contribution >= 0.6 is 0 Å². The number of rotatable bonds is 8. The molecule has 1 aliphatic heterocycles. The fraction of sp³-hybridized carbons (Fsp3) is 0.647. The summed E-state index contributed by atoms with van der Waals surface area (Å²) in [5.41, 5.74) is 0.637. The van der Waals surface area contributed by atoms with E-state index >= 15 is 0 Å². The van der Waals surface area contributed by atoms with E-state index in [1.54, 1.807) is 13.3 Å². The van der Waals surface area contributed by atoms with E-state index in [2.05, 4.69) is 23.7 Å². The van der Waals surface area contributed by atoms with Gasteiger partial charge in [-0.3, -0.25) is 4.79 Å². The predicted molar refractivity (Wildman–Crippen MR) is 89.9 cm³/mol. The van der Waals surface area contributed by atoms with Crippen molar-refractivity contribution < 1.29 is 14.3 Å². The van der Waals surface area contributed by atoms with Gasteiger partial charge in [0.05, 0.1) is 24.9 Å². The second-order valence-electron chi connectivity index (χ2n) is 5.60. The van der Waals surface area contributed by atoms with Gasteiger partial charge < -0.3 is 19.3 Å². The zero-order valence-corrected chi connectivity index (χ0v) is 14.3. The first-order valence-electron chi connectivity index (χ1n) is 8.30. The van der Waals surface area contributed by atoms with Gasteiger partial charge in [-0.1, -0.05) is 0 Å². The molecule has 6 nitrogen and oxygen atoms in total. The van der Waals surface area contributed by atoms with E-state index in [1.165, 1.54) is 0 Å². The molecule has 1 fully saturated rings. The third-order valence-electron chi connectivity index (χ3n) is 4.16. The topological polar surface area (TPSA) is 54.9 Å². The van der Waals surface area contributed by atoms with E-state index in [0.717, 1.165) is 31.9 Å². The molecule has 0 unspecified atom stereocenters. The molecule has 6 heteroatoms. The molecule has 0 bridgehead atoms. The lowest BCUT2D eigenvalue weighted by Gasteiger charge is -2.20. The first-order valence-corrected chi connectivity index (χ1v) is 8.30. The summed E-state index contributed by atoms with van der Waals surface area (Å²) in [6.07, 6.45) is 2.66. The Morgan fingerprint density at radius 2 is 2.13 bits per heavy atom. The molecule has 23 heavy (non-hydrogen) atoms. The van der Waals surface area contributed by atoms with Crippen molar-refractivity contribution in [3.05, 3.63) is 23.9 Å². The second kappa shape index (κ2) is 8.84. The lowest BCUT2D eigenvalue weighted by atomic mass is 10.2. The van der Waals surface area contributed by atoms with Gasteiger partial charge in [-0.25, -0.2) is 4.98 Å². The Bertz CT molecular complexity index is 488. The average molecular weight is 321 g/mol. The molecule has 0 saturated carbocycles. The van der Waals surface area contributed by atoms with Crippen LogP contribution in [-0.2, 0) is 9.47 Å². The van der Waals surface area contributed by atoms with Crippen molar-refractivity contribution in [3.63, 3.8) is 0 Å². The molecule has 1 amide bonds. The normalized spacial score (nSPS) is 17.5. The van der Waals surface area contributed by atoms with Gasteiger partial charge in [-0.2, -0.15) is 0 Å². The number of amides is 1. The standard InChI is InChI=1S/C17H27N3O3/c1-4-19(5-2)16-7-6-14(12-18-16)17(21)20-9-8-15(13-20)23-11-10-22-3/h6-7,12,15H,4-5,8-11,13H2,1-3H3/t15-/m0/s1. The number of ether oxygens (including phenoxy) is 2. The number of likely N-dealkylation sites (tertiary alicyclic amines) is 1. The molecule has 2 heterocycles. The number of anilines is 1. The zero-order chi connectivity index (χ0) is 16.7. The molecule has 128 valence electrons. The fourth-order valence-electron chi connectivity index (χ4n) is 2.78.